The Morgan fingerprint density at radius 3 is 3.14 bits per heavy atom. The summed E-state index contributed by atoms with van der Waals surface area (Å²) in [6.45, 7) is 5.55. The Balaban J connectivity index is 1.89. The fraction of sp³-hybridized carbons (Fsp3) is 0.500. The second-order valence-electron chi connectivity index (χ2n) is 6.28. The maximum absolute atomic E-state index is 12.9. The van der Waals surface area contributed by atoms with Crippen molar-refractivity contribution in [2.75, 3.05) is 26.8 Å². The van der Waals surface area contributed by atoms with E-state index in [4.69, 9.17) is 9.47 Å². The lowest BCUT2D eigenvalue weighted by Gasteiger charge is -2.42. The average Bonchev–Trinajstić information content (AvgIpc) is 2.93. The van der Waals surface area contributed by atoms with Crippen LogP contribution in [0.1, 0.15) is 24.2 Å². The second-order valence-corrected chi connectivity index (χ2v) is 6.28. The van der Waals surface area contributed by atoms with Crippen LogP contribution in [-0.4, -0.2) is 59.5 Å². The van der Waals surface area contributed by atoms with Crippen molar-refractivity contribution in [1.29, 1.82) is 0 Å². The topological polar surface area (TPSA) is 67.5 Å². The monoisotopic (exact) mass is 303 g/mol. The van der Waals surface area contributed by atoms with Crippen molar-refractivity contribution in [2.45, 2.75) is 25.6 Å². The number of carbonyl (C=O) groups is 1. The average molecular weight is 303 g/mol. The van der Waals surface area contributed by atoms with Crippen LogP contribution in [-0.2, 0) is 9.47 Å². The second kappa shape index (κ2) is 5.70. The first-order chi connectivity index (χ1) is 10.5. The highest BCUT2D eigenvalue weighted by molar-refractivity contribution is 6.06. The van der Waals surface area contributed by atoms with E-state index in [-0.39, 0.29) is 17.6 Å². The number of aromatic amines is 1. The number of hydrogen-bond donors (Lipinski definition) is 1. The van der Waals surface area contributed by atoms with E-state index in [1.165, 1.54) is 0 Å². The zero-order valence-corrected chi connectivity index (χ0v) is 13.1. The van der Waals surface area contributed by atoms with Crippen molar-refractivity contribution in [2.24, 2.45) is 0 Å². The van der Waals surface area contributed by atoms with Crippen molar-refractivity contribution in [3.8, 4) is 0 Å². The summed E-state index contributed by atoms with van der Waals surface area (Å²) in [7, 11) is 1.64. The summed E-state index contributed by atoms with van der Waals surface area (Å²) in [4.78, 5) is 14.8. The third-order valence-electron chi connectivity index (χ3n) is 3.84. The first kappa shape index (κ1) is 15.0. The molecule has 1 aromatic carbocycles. The number of amides is 1. The van der Waals surface area contributed by atoms with Crippen LogP contribution < -0.4 is 0 Å². The summed E-state index contributed by atoms with van der Waals surface area (Å²) in [5.41, 5.74) is 1.15. The van der Waals surface area contributed by atoms with Crippen LogP contribution in [0.15, 0.2) is 24.4 Å². The summed E-state index contributed by atoms with van der Waals surface area (Å²) >= 11 is 0. The molecule has 2 heterocycles. The maximum atomic E-state index is 12.9. The first-order valence-corrected chi connectivity index (χ1v) is 7.38. The van der Waals surface area contributed by atoms with Crippen molar-refractivity contribution in [1.82, 2.24) is 15.1 Å². The van der Waals surface area contributed by atoms with Gasteiger partial charge in [-0.2, -0.15) is 5.10 Å². The van der Waals surface area contributed by atoms with Gasteiger partial charge in [0.1, 0.15) is 0 Å². The van der Waals surface area contributed by atoms with E-state index in [0.29, 0.717) is 25.3 Å². The van der Waals surface area contributed by atoms with Crippen LogP contribution in [0.3, 0.4) is 0 Å². The standard InChI is InChI=1S/C16H21N3O3/c1-16(2)10-19(8-11(22-16)9-21-3)15(20)12-5-4-6-14-13(12)7-17-18-14/h4-7,11H,8-10H2,1-3H3,(H,17,18). The quantitative estimate of drug-likeness (QED) is 0.939. The number of nitrogens with one attached hydrogen (secondary N) is 1. The molecular weight excluding hydrogens is 282 g/mol. The number of H-pyrrole nitrogens is 1. The summed E-state index contributed by atoms with van der Waals surface area (Å²) in [6, 6.07) is 5.62. The van der Waals surface area contributed by atoms with E-state index in [2.05, 4.69) is 10.2 Å². The molecule has 1 aliphatic rings. The zero-order valence-electron chi connectivity index (χ0n) is 13.1. The number of hydrogen-bond acceptors (Lipinski definition) is 4. The van der Waals surface area contributed by atoms with Crippen molar-refractivity contribution in [3.05, 3.63) is 30.0 Å². The number of methoxy groups -OCH3 is 1. The number of morpholine rings is 1. The van der Waals surface area contributed by atoms with Gasteiger partial charge in [0.25, 0.3) is 5.91 Å². The molecule has 1 N–H and O–H groups in total. The van der Waals surface area contributed by atoms with Gasteiger partial charge < -0.3 is 14.4 Å². The molecule has 0 radical (unpaired) electrons. The fourth-order valence-corrected chi connectivity index (χ4v) is 3.05. The van der Waals surface area contributed by atoms with Gasteiger partial charge in [-0.1, -0.05) is 6.07 Å². The molecule has 22 heavy (non-hydrogen) atoms. The number of benzene rings is 1. The van der Waals surface area contributed by atoms with E-state index in [9.17, 15) is 4.79 Å². The van der Waals surface area contributed by atoms with Gasteiger partial charge in [0.05, 0.1) is 35.6 Å². The zero-order chi connectivity index (χ0) is 15.7. The lowest BCUT2D eigenvalue weighted by Crippen LogP contribution is -2.55. The molecule has 1 unspecified atom stereocenters. The Morgan fingerprint density at radius 2 is 2.36 bits per heavy atom. The van der Waals surface area contributed by atoms with Crippen LogP contribution in [0.4, 0.5) is 0 Å². The van der Waals surface area contributed by atoms with Gasteiger partial charge in [-0.3, -0.25) is 9.89 Å². The van der Waals surface area contributed by atoms with E-state index in [0.717, 1.165) is 10.9 Å². The minimum atomic E-state index is -0.388. The lowest BCUT2D eigenvalue weighted by molar-refractivity contribution is -0.143. The summed E-state index contributed by atoms with van der Waals surface area (Å²) in [5.74, 6) is 0.00415. The molecule has 1 aromatic heterocycles. The molecule has 2 aromatic rings. The largest absolute Gasteiger partial charge is 0.382 e. The predicted molar refractivity (Wildman–Crippen MR) is 82.8 cm³/mol. The van der Waals surface area contributed by atoms with Gasteiger partial charge in [-0.15, -0.1) is 0 Å². The van der Waals surface area contributed by atoms with E-state index < -0.39 is 0 Å². The Hall–Kier alpha value is -1.92. The Kier molecular flexibility index (Phi) is 3.88. The first-order valence-electron chi connectivity index (χ1n) is 7.38. The van der Waals surface area contributed by atoms with Gasteiger partial charge in [0, 0.05) is 25.6 Å². The minimum absolute atomic E-state index is 0.00415. The summed E-state index contributed by atoms with van der Waals surface area (Å²) in [5, 5.41) is 7.77. The molecular formula is C16H21N3O3. The Morgan fingerprint density at radius 1 is 1.55 bits per heavy atom. The van der Waals surface area contributed by atoms with E-state index in [1.54, 1.807) is 13.3 Å². The molecule has 1 saturated heterocycles. The fourth-order valence-electron chi connectivity index (χ4n) is 3.05. The highest BCUT2D eigenvalue weighted by atomic mass is 16.5. The lowest BCUT2D eigenvalue weighted by atomic mass is 10.0. The predicted octanol–water partition coefficient (Wildman–Crippen LogP) is 1.83. The normalized spacial score (nSPS) is 21.2. The van der Waals surface area contributed by atoms with Crippen molar-refractivity contribution < 1.29 is 14.3 Å². The maximum Gasteiger partial charge on any atom is 0.254 e. The molecule has 3 rings (SSSR count). The number of nitrogens with zero attached hydrogens (tertiary/aromatic N) is 2. The number of rotatable bonds is 3. The molecule has 1 amide bonds. The van der Waals surface area contributed by atoms with E-state index >= 15 is 0 Å². The molecule has 1 atom stereocenters. The highest BCUT2D eigenvalue weighted by Gasteiger charge is 2.36. The third-order valence-corrected chi connectivity index (χ3v) is 3.84. The molecule has 0 aliphatic carbocycles. The third kappa shape index (κ3) is 2.84. The highest BCUT2D eigenvalue weighted by Crippen LogP contribution is 2.25. The molecule has 0 spiro atoms. The number of carbonyl (C=O) groups excluding carboxylic acids is 1. The molecule has 0 bridgehead atoms. The van der Waals surface area contributed by atoms with E-state index in [1.807, 2.05) is 36.9 Å². The van der Waals surface area contributed by atoms with Crippen LogP contribution in [0.5, 0.6) is 0 Å². The Labute approximate surface area is 129 Å². The van der Waals surface area contributed by atoms with Crippen LogP contribution >= 0.6 is 0 Å². The molecule has 0 saturated carbocycles. The Bertz CT molecular complexity index is 680. The molecule has 1 aliphatic heterocycles. The van der Waals surface area contributed by atoms with Crippen LogP contribution in [0.25, 0.3) is 10.9 Å². The number of fused-ring (bicyclic) bond motifs is 1. The smallest absolute Gasteiger partial charge is 0.254 e. The van der Waals surface area contributed by atoms with Gasteiger partial charge in [0.2, 0.25) is 0 Å². The van der Waals surface area contributed by atoms with Crippen molar-refractivity contribution in [3.63, 3.8) is 0 Å². The molecule has 6 heteroatoms. The number of ether oxygens (including phenoxy) is 2. The van der Waals surface area contributed by atoms with Gasteiger partial charge >= 0.3 is 0 Å². The van der Waals surface area contributed by atoms with Gasteiger partial charge in [-0.25, -0.2) is 0 Å². The van der Waals surface area contributed by atoms with Crippen molar-refractivity contribution >= 4 is 16.8 Å². The summed E-state index contributed by atoms with van der Waals surface area (Å²) in [6.07, 6.45) is 1.59. The number of aromatic nitrogens is 2. The molecule has 118 valence electrons. The molecule has 6 nitrogen and oxygen atoms in total. The SMILES string of the molecule is COCC1CN(C(=O)c2cccc3[nH]ncc23)CC(C)(C)O1. The minimum Gasteiger partial charge on any atom is -0.382 e. The molecule has 1 fully saturated rings. The summed E-state index contributed by atoms with van der Waals surface area (Å²) < 4.78 is 11.2. The van der Waals surface area contributed by atoms with Gasteiger partial charge in [0.15, 0.2) is 0 Å². The van der Waals surface area contributed by atoms with Crippen LogP contribution in [0, 0.1) is 0 Å². The van der Waals surface area contributed by atoms with Gasteiger partial charge in [-0.05, 0) is 26.0 Å². The van der Waals surface area contributed by atoms with Crippen LogP contribution in [0.2, 0.25) is 0 Å².